The highest BCUT2D eigenvalue weighted by Gasteiger charge is 2.25. The molecule has 4 nitrogen and oxygen atoms in total. The van der Waals surface area contributed by atoms with Crippen LogP contribution in [0.5, 0.6) is 0 Å². The maximum absolute atomic E-state index is 5.35. The highest BCUT2D eigenvalue weighted by molar-refractivity contribution is 7.27. The van der Waals surface area contributed by atoms with E-state index in [9.17, 15) is 0 Å². The Morgan fingerprint density at radius 3 is 1.66 bits per heavy atom. The summed E-state index contributed by atoms with van der Waals surface area (Å²) in [6, 6.07) is 69.0. The molecule has 0 radical (unpaired) electrons. The van der Waals surface area contributed by atoms with Gasteiger partial charge in [-0.25, -0.2) is 4.98 Å². The van der Waals surface area contributed by atoms with E-state index in [1.165, 1.54) is 63.8 Å². The summed E-state index contributed by atoms with van der Waals surface area (Å²) in [5, 5.41) is 9.70. The van der Waals surface area contributed by atoms with Crippen LogP contribution in [-0.2, 0) is 0 Å². The molecule has 0 saturated carbocycles. The number of aromatic nitrogens is 4. The van der Waals surface area contributed by atoms with Gasteiger partial charge in [-0.15, -0.1) is 11.3 Å². The molecule has 3 aromatic heterocycles. The number of fused-ring (bicyclic) bond motifs is 11. The molecular formula is C53H32N4S. The van der Waals surface area contributed by atoms with Gasteiger partial charge in [-0.2, -0.15) is 9.97 Å². The molecule has 12 aromatic rings. The van der Waals surface area contributed by atoms with E-state index in [4.69, 9.17) is 15.0 Å². The predicted octanol–water partition coefficient (Wildman–Crippen LogP) is 14.3. The molecule has 0 amide bonds. The molecule has 0 N–H and O–H groups in total. The largest absolute Gasteiger partial charge is 0.277 e. The lowest BCUT2D eigenvalue weighted by Gasteiger charge is -2.12. The van der Waals surface area contributed by atoms with Crippen molar-refractivity contribution in [2.24, 2.45) is 0 Å². The molecule has 0 aliphatic rings. The van der Waals surface area contributed by atoms with Crippen LogP contribution in [0.25, 0.3) is 115 Å². The third-order valence-corrected chi connectivity index (χ3v) is 12.7. The number of rotatable bonds is 5. The fourth-order valence-electron chi connectivity index (χ4n) is 8.83. The number of nitrogens with zero attached hydrogens (tertiary/aromatic N) is 4. The number of benzene rings is 9. The summed E-state index contributed by atoms with van der Waals surface area (Å²) in [6.45, 7) is 0. The van der Waals surface area contributed by atoms with Crippen LogP contribution in [0.15, 0.2) is 194 Å². The smallest absolute Gasteiger partial charge is 0.238 e. The Morgan fingerprint density at radius 1 is 0.362 bits per heavy atom. The van der Waals surface area contributed by atoms with Crippen LogP contribution < -0.4 is 0 Å². The molecule has 58 heavy (non-hydrogen) atoms. The van der Waals surface area contributed by atoms with Gasteiger partial charge < -0.3 is 0 Å². The molecule has 0 saturated heterocycles. The van der Waals surface area contributed by atoms with Gasteiger partial charge >= 0.3 is 0 Å². The van der Waals surface area contributed by atoms with E-state index >= 15 is 0 Å². The first-order valence-corrected chi connectivity index (χ1v) is 20.4. The average molecular weight is 757 g/mol. The summed E-state index contributed by atoms with van der Waals surface area (Å²) >= 11 is 1.88. The summed E-state index contributed by atoms with van der Waals surface area (Å²) in [6.07, 6.45) is 0. The molecule has 0 aliphatic carbocycles. The fraction of sp³-hybridized carbons (Fsp3) is 0. The Hall–Kier alpha value is -7.47. The standard InChI is InChI=1S/C53H32N4S/c1-4-16-33(17-5-1)37-30-31-45-44(32-37)46-40-25-12-13-26-42(40)50-47(43-29-15-28-41(49(43)58-50)39-27-14-23-34-18-10-11-24-38(34)39)48(46)57(45)53-55-51(35-19-6-2-7-20-35)54-52(56-53)36-21-8-3-9-22-36/h1-32H. The van der Waals surface area contributed by atoms with Crippen molar-refractivity contribution in [3.8, 4) is 51.0 Å². The zero-order chi connectivity index (χ0) is 38.2. The van der Waals surface area contributed by atoms with E-state index in [-0.39, 0.29) is 0 Å². The van der Waals surface area contributed by atoms with E-state index in [0.29, 0.717) is 17.6 Å². The molecule has 0 spiro atoms. The minimum atomic E-state index is 0.585. The molecule has 0 fully saturated rings. The molecule has 3 heterocycles. The summed E-state index contributed by atoms with van der Waals surface area (Å²) in [5.41, 5.74) is 8.82. The maximum Gasteiger partial charge on any atom is 0.238 e. The first-order chi connectivity index (χ1) is 28.8. The lowest BCUT2D eigenvalue weighted by atomic mass is 9.95. The Labute approximate surface area is 338 Å². The fourth-order valence-corrected chi connectivity index (χ4v) is 10.2. The van der Waals surface area contributed by atoms with Gasteiger partial charge in [0.2, 0.25) is 5.95 Å². The van der Waals surface area contributed by atoms with Crippen LogP contribution in [0.2, 0.25) is 0 Å². The van der Waals surface area contributed by atoms with E-state index in [1.807, 2.05) is 47.7 Å². The van der Waals surface area contributed by atoms with Crippen LogP contribution in [0.1, 0.15) is 0 Å². The van der Waals surface area contributed by atoms with Gasteiger partial charge in [0.05, 0.1) is 11.0 Å². The molecule has 5 heteroatoms. The van der Waals surface area contributed by atoms with E-state index < -0.39 is 0 Å². The van der Waals surface area contributed by atoms with Crippen molar-refractivity contribution in [2.45, 2.75) is 0 Å². The van der Waals surface area contributed by atoms with Gasteiger partial charge in [-0.1, -0.05) is 182 Å². The van der Waals surface area contributed by atoms with E-state index in [1.54, 1.807) is 0 Å². The topological polar surface area (TPSA) is 43.6 Å². The Kier molecular flexibility index (Phi) is 7.37. The molecule has 0 atom stereocenters. The van der Waals surface area contributed by atoms with Crippen molar-refractivity contribution < 1.29 is 0 Å². The van der Waals surface area contributed by atoms with Crippen LogP contribution in [0.3, 0.4) is 0 Å². The summed E-state index contributed by atoms with van der Waals surface area (Å²) in [7, 11) is 0. The molecular weight excluding hydrogens is 725 g/mol. The quantitative estimate of drug-likeness (QED) is 0.176. The minimum absolute atomic E-state index is 0.585. The highest BCUT2D eigenvalue weighted by Crippen LogP contribution is 2.50. The second-order valence-corrected chi connectivity index (χ2v) is 15.8. The molecule has 270 valence electrons. The van der Waals surface area contributed by atoms with Crippen LogP contribution in [0.4, 0.5) is 0 Å². The van der Waals surface area contributed by atoms with Gasteiger partial charge in [0, 0.05) is 53.0 Å². The lowest BCUT2D eigenvalue weighted by molar-refractivity contribution is 0.955. The van der Waals surface area contributed by atoms with Crippen molar-refractivity contribution in [2.75, 3.05) is 0 Å². The summed E-state index contributed by atoms with van der Waals surface area (Å²) in [5.74, 6) is 1.85. The Balaban J connectivity index is 1.27. The van der Waals surface area contributed by atoms with Crippen molar-refractivity contribution in [1.82, 2.24) is 19.5 Å². The second kappa shape index (κ2) is 13.1. The van der Waals surface area contributed by atoms with Crippen molar-refractivity contribution in [3.63, 3.8) is 0 Å². The monoisotopic (exact) mass is 756 g/mol. The number of hydrogen-bond donors (Lipinski definition) is 0. The molecule has 0 unspecified atom stereocenters. The van der Waals surface area contributed by atoms with E-state index in [2.05, 4.69) is 162 Å². The Morgan fingerprint density at radius 2 is 0.931 bits per heavy atom. The molecule has 12 rings (SSSR count). The third kappa shape index (κ3) is 5.04. The molecule has 0 bridgehead atoms. The maximum atomic E-state index is 5.35. The van der Waals surface area contributed by atoms with Gasteiger partial charge in [0.1, 0.15) is 0 Å². The van der Waals surface area contributed by atoms with Crippen LogP contribution >= 0.6 is 11.3 Å². The average Bonchev–Trinajstić information content (AvgIpc) is 3.86. The van der Waals surface area contributed by atoms with E-state index in [0.717, 1.165) is 33.1 Å². The zero-order valence-corrected chi connectivity index (χ0v) is 32.0. The molecule has 0 aliphatic heterocycles. The van der Waals surface area contributed by atoms with Crippen LogP contribution in [0, 0.1) is 0 Å². The molecule has 9 aromatic carbocycles. The van der Waals surface area contributed by atoms with Crippen LogP contribution in [-0.4, -0.2) is 19.5 Å². The Bertz CT molecular complexity index is 3490. The lowest BCUT2D eigenvalue weighted by Crippen LogP contribution is -2.06. The predicted molar refractivity (Wildman–Crippen MR) is 244 cm³/mol. The normalized spacial score (nSPS) is 11.8. The summed E-state index contributed by atoms with van der Waals surface area (Å²) in [4.78, 5) is 15.8. The third-order valence-electron chi connectivity index (χ3n) is 11.4. The highest BCUT2D eigenvalue weighted by atomic mass is 32.1. The SMILES string of the molecule is c1ccc(-c2ccc3c(c2)c2c4ccccc4c4sc5c(-c6cccc7ccccc67)cccc5c4c2n3-c2nc(-c3ccccc3)nc(-c3ccccc3)n2)cc1. The number of hydrogen-bond acceptors (Lipinski definition) is 4. The zero-order valence-electron chi connectivity index (χ0n) is 31.2. The minimum Gasteiger partial charge on any atom is -0.277 e. The van der Waals surface area contributed by atoms with Gasteiger partial charge in [-0.05, 0) is 45.0 Å². The second-order valence-electron chi connectivity index (χ2n) is 14.7. The van der Waals surface area contributed by atoms with Crippen molar-refractivity contribution >= 4 is 74.9 Å². The first-order valence-electron chi connectivity index (χ1n) is 19.5. The summed E-state index contributed by atoms with van der Waals surface area (Å²) < 4.78 is 4.82. The van der Waals surface area contributed by atoms with Crippen molar-refractivity contribution in [1.29, 1.82) is 0 Å². The number of thiophene rings is 1. The first kappa shape index (κ1) is 32.7. The van der Waals surface area contributed by atoms with Gasteiger partial charge in [-0.3, -0.25) is 4.57 Å². The van der Waals surface area contributed by atoms with Gasteiger partial charge in [0.25, 0.3) is 0 Å². The van der Waals surface area contributed by atoms with Crippen molar-refractivity contribution in [3.05, 3.63) is 194 Å². The van der Waals surface area contributed by atoms with Gasteiger partial charge in [0.15, 0.2) is 11.6 Å².